The van der Waals surface area contributed by atoms with E-state index in [1.807, 2.05) is 23.3 Å². The molecule has 0 aliphatic carbocycles. The molecule has 1 heterocycles. The average Bonchev–Trinajstić information content (AvgIpc) is 2.93. The molecule has 0 aromatic heterocycles. The van der Waals surface area contributed by atoms with E-state index < -0.39 is 0 Å². The van der Waals surface area contributed by atoms with Gasteiger partial charge in [-0.15, -0.1) is 0 Å². The Labute approximate surface area is 137 Å². The predicted molar refractivity (Wildman–Crippen MR) is 92.5 cm³/mol. The fraction of sp³-hybridized carbons (Fsp3) is 0.588. The van der Waals surface area contributed by atoms with Gasteiger partial charge >= 0.3 is 0 Å². The van der Waals surface area contributed by atoms with Crippen molar-refractivity contribution in [2.45, 2.75) is 37.8 Å². The van der Waals surface area contributed by atoms with Gasteiger partial charge in [-0.25, -0.2) is 0 Å². The van der Waals surface area contributed by atoms with Crippen LogP contribution < -0.4 is 10.5 Å². The molecule has 0 radical (unpaired) electrons. The number of rotatable bonds is 6. The van der Waals surface area contributed by atoms with Crippen LogP contribution in [0.1, 0.15) is 31.2 Å². The molecule has 1 aliphatic rings. The number of nitrogens with two attached hydrogens (primary N) is 1. The van der Waals surface area contributed by atoms with Gasteiger partial charge in [0.2, 0.25) is 5.91 Å². The first-order valence-electron chi connectivity index (χ1n) is 7.75. The maximum absolute atomic E-state index is 12.5. The summed E-state index contributed by atoms with van der Waals surface area (Å²) in [5, 5.41) is 0. The fourth-order valence-electron chi connectivity index (χ4n) is 3.04. The summed E-state index contributed by atoms with van der Waals surface area (Å²) in [5.41, 5.74) is 7.31. The summed E-state index contributed by atoms with van der Waals surface area (Å²) >= 11 is 1.73. The molecule has 2 rings (SSSR count). The van der Waals surface area contributed by atoms with Gasteiger partial charge in [0.15, 0.2) is 0 Å². The maximum atomic E-state index is 12.5. The molecule has 1 aromatic rings. The number of benzene rings is 1. The summed E-state index contributed by atoms with van der Waals surface area (Å²) in [6, 6.07) is 8.03. The lowest BCUT2D eigenvalue weighted by molar-refractivity contribution is -0.133. The van der Waals surface area contributed by atoms with Gasteiger partial charge in [0, 0.05) is 18.5 Å². The van der Waals surface area contributed by atoms with Crippen LogP contribution in [0.2, 0.25) is 0 Å². The van der Waals surface area contributed by atoms with Crippen LogP contribution in [0, 0.1) is 0 Å². The van der Waals surface area contributed by atoms with Crippen molar-refractivity contribution >= 4 is 17.7 Å². The smallest absolute Gasteiger partial charge is 0.239 e. The summed E-state index contributed by atoms with van der Waals surface area (Å²) in [4.78, 5) is 14.5. The Kier molecular flexibility index (Phi) is 6.15. The Bertz CT molecular complexity index is 492. The molecular weight excluding hydrogens is 296 g/mol. The second kappa shape index (κ2) is 7.88. The molecule has 0 unspecified atom stereocenters. The van der Waals surface area contributed by atoms with E-state index >= 15 is 0 Å². The monoisotopic (exact) mass is 322 g/mol. The van der Waals surface area contributed by atoms with Crippen LogP contribution in [0.4, 0.5) is 0 Å². The number of methoxy groups -OCH3 is 1. The third-order valence-electron chi connectivity index (χ3n) is 4.40. The second-order valence-electron chi connectivity index (χ2n) is 5.93. The lowest BCUT2D eigenvalue weighted by atomic mass is 9.97. The standard InChI is InChI=1S/C17H26N2O2S/c1-12-10-14(13-4-6-15(21-2)7-5-13)11-19(12)17(20)16(18)8-9-22-3/h4-7,12,14,16H,8-11,18H2,1-3H3/t12-,14+,16-/m0/s1. The number of thioether (sulfide) groups is 1. The van der Waals surface area contributed by atoms with Crippen LogP contribution in [0.5, 0.6) is 5.75 Å². The van der Waals surface area contributed by atoms with E-state index in [0.717, 1.165) is 30.9 Å². The minimum Gasteiger partial charge on any atom is -0.497 e. The van der Waals surface area contributed by atoms with Crippen LogP contribution in [0.25, 0.3) is 0 Å². The van der Waals surface area contributed by atoms with Gasteiger partial charge in [-0.3, -0.25) is 4.79 Å². The third-order valence-corrected chi connectivity index (χ3v) is 5.04. The van der Waals surface area contributed by atoms with E-state index in [9.17, 15) is 4.79 Å². The number of ether oxygens (including phenoxy) is 1. The van der Waals surface area contributed by atoms with Crippen molar-refractivity contribution in [3.05, 3.63) is 29.8 Å². The van der Waals surface area contributed by atoms with Gasteiger partial charge in [0.05, 0.1) is 13.2 Å². The number of carbonyl (C=O) groups excluding carboxylic acids is 1. The first-order valence-corrected chi connectivity index (χ1v) is 9.15. The molecule has 1 amide bonds. The highest BCUT2D eigenvalue weighted by molar-refractivity contribution is 7.98. The Morgan fingerprint density at radius 3 is 2.73 bits per heavy atom. The predicted octanol–water partition coefficient (Wildman–Crippen LogP) is 2.48. The summed E-state index contributed by atoms with van der Waals surface area (Å²) < 4.78 is 5.20. The molecular formula is C17H26N2O2S. The summed E-state index contributed by atoms with van der Waals surface area (Å²) in [6.45, 7) is 2.88. The Balaban J connectivity index is 2.00. The molecule has 1 aromatic carbocycles. The zero-order valence-corrected chi connectivity index (χ0v) is 14.4. The van der Waals surface area contributed by atoms with E-state index in [2.05, 4.69) is 19.1 Å². The Morgan fingerprint density at radius 1 is 1.45 bits per heavy atom. The van der Waals surface area contributed by atoms with E-state index in [0.29, 0.717) is 5.92 Å². The summed E-state index contributed by atoms with van der Waals surface area (Å²) in [5.74, 6) is 2.27. The van der Waals surface area contributed by atoms with Crippen LogP contribution in [-0.2, 0) is 4.79 Å². The fourth-order valence-corrected chi connectivity index (χ4v) is 3.53. The van der Waals surface area contributed by atoms with Gasteiger partial charge in [0.1, 0.15) is 5.75 Å². The van der Waals surface area contributed by atoms with E-state index in [1.54, 1.807) is 18.9 Å². The van der Waals surface area contributed by atoms with Crippen LogP contribution in [0.3, 0.4) is 0 Å². The van der Waals surface area contributed by atoms with E-state index in [1.165, 1.54) is 5.56 Å². The van der Waals surface area contributed by atoms with Crippen molar-refractivity contribution in [1.29, 1.82) is 0 Å². The Morgan fingerprint density at radius 2 is 2.14 bits per heavy atom. The highest BCUT2D eigenvalue weighted by Crippen LogP contribution is 2.32. The van der Waals surface area contributed by atoms with Gasteiger partial charge in [-0.2, -0.15) is 11.8 Å². The minimum absolute atomic E-state index is 0.0950. The summed E-state index contributed by atoms with van der Waals surface area (Å²) in [6.07, 6.45) is 3.78. The molecule has 0 saturated carbocycles. The highest BCUT2D eigenvalue weighted by Gasteiger charge is 2.34. The van der Waals surface area contributed by atoms with E-state index in [4.69, 9.17) is 10.5 Å². The minimum atomic E-state index is -0.371. The van der Waals surface area contributed by atoms with Crippen molar-refractivity contribution in [3.8, 4) is 5.75 Å². The van der Waals surface area contributed by atoms with Gasteiger partial charge in [-0.05, 0) is 49.5 Å². The highest BCUT2D eigenvalue weighted by atomic mass is 32.2. The van der Waals surface area contributed by atoms with Crippen molar-refractivity contribution in [2.24, 2.45) is 5.73 Å². The molecule has 1 aliphatic heterocycles. The zero-order valence-electron chi connectivity index (χ0n) is 13.6. The average molecular weight is 322 g/mol. The van der Waals surface area contributed by atoms with Crippen molar-refractivity contribution < 1.29 is 9.53 Å². The van der Waals surface area contributed by atoms with Crippen LogP contribution in [-0.4, -0.2) is 48.6 Å². The number of carbonyl (C=O) groups is 1. The van der Waals surface area contributed by atoms with Gasteiger partial charge in [-0.1, -0.05) is 12.1 Å². The van der Waals surface area contributed by atoms with Gasteiger partial charge in [0.25, 0.3) is 0 Å². The quantitative estimate of drug-likeness (QED) is 0.874. The molecule has 3 atom stereocenters. The molecule has 0 bridgehead atoms. The molecule has 22 heavy (non-hydrogen) atoms. The van der Waals surface area contributed by atoms with Crippen LogP contribution >= 0.6 is 11.8 Å². The number of nitrogens with zero attached hydrogens (tertiary/aromatic N) is 1. The molecule has 1 saturated heterocycles. The molecule has 5 heteroatoms. The number of amides is 1. The number of hydrogen-bond acceptors (Lipinski definition) is 4. The second-order valence-corrected chi connectivity index (χ2v) is 6.92. The van der Waals surface area contributed by atoms with Crippen molar-refractivity contribution in [1.82, 2.24) is 4.90 Å². The maximum Gasteiger partial charge on any atom is 0.239 e. The third kappa shape index (κ3) is 3.96. The SMILES string of the molecule is COc1ccc([C@@H]2C[C@H](C)N(C(=O)[C@@H](N)CCSC)C2)cc1. The molecule has 2 N–H and O–H groups in total. The van der Waals surface area contributed by atoms with E-state index in [-0.39, 0.29) is 18.0 Å². The van der Waals surface area contributed by atoms with Crippen molar-refractivity contribution in [3.63, 3.8) is 0 Å². The Hall–Kier alpha value is -1.20. The molecule has 1 fully saturated rings. The lowest BCUT2D eigenvalue weighted by Gasteiger charge is -2.25. The normalized spacial score (nSPS) is 22.6. The molecule has 4 nitrogen and oxygen atoms in total. The number of likely N-dealkylation sites (tertiary alicyclic amines) is 1. The van der Waals surface area contributed by atoms with Gasteiger partial charge < -0.3 is 15.4 Å². The molecule has 122 valence electrons. The topological polar surface area (TPSA) is 55.6 Å². The molecule has 0 spiro atoms. The lowest BCUT2D eigenvalue weighted by Crippen LogP contribution is -2.45. The van der Waals surface area contributed by atoms with Crippen LogP contribution in [0.15, 0.2) is 24.3 Å². The first-order chi connectivity index (χ1) is 10.6. The largest absolute Gasteiger partial charge is 0.497 e. The summed E-state index contributed by atoms with van der Waals surface area (Å²) in [7, 11) is 1.67. The zero-order chi connectivity index (χ0) is 16.1. The first kappa shape index (κ1) is 17.2. The van der Waals surface area contributed by atoms with Crippen molar-refractivity contribution in [2.75, 3.05) is 25.7 Å². The number of hydrogen-bond donors (Lipinski definition) is 1.